The molecule has 4 N–H and O–H groups in total. The highest BCUT2D eigenvalue weighted by atomic mass is 16.5. The zero-order valence-corrected chi connectivity index (χ0v) is 19.3. The molecule has 0 bridgehead atoms. The number of hydrogen-bond donors (Lipinski definition) is 3. The molecule has 0 atom stereocenters. The van der Waals surface area contributed by atoms with Gasteiger partial charge in [0.15, 0.2) is 11.5 Å². The predicted octanol–water partition coefficient (Wildman–Crippen LogP) is 3.38. The van der Waals surface area contributed by atoms with Gasteiger partial charge >= 0.3 is 0 Å². The van der Waals surface area contributed by atoms with Crippen LogP contribution in [0.1, 0.15) is 21.5 Å². The maximum absolute atomic E-state index is 13.1. The summed E-state index contributed by atoms with van der Waals surface area (Å²) in [5, 5.41) is 5.51. The van der Waals surface area contributed by atoms with Crippen LogP contribution in [0, 0.1) is 0 Å². The number of hydrogen-bond acceptors (Lipinski definition) is 6. The van der Waals surface area contributed by atoms with E-state index in [4.69, 9.17) is 19.9 Å². The number of para-hydroxylation sites is 1. The molecule has 0 unspecified atom stereocenters. The number of carbonyl (C=O) groups excluding carboxylic acids is 2. The molecule has 0 spiro atoms. The van der Waals surface area contributed by atoms with Crippen molar-refractivity contribution in [1.29, 1.82) is 0 Å². The molecule has 0 radical (unpaired) electrons. The van der Waals surface area contributed by atoms with Gasteiger partial charge in [0, 0.05) is 29.4 Å². The van der Waals surface area contributed by atoms with Crippen molar-refractivity contribution in [1.82, 2.24) is 10.6 Å². The summed E-state index contributed by atoms with van der Waals surface area (Å²) >= 11 is 0. The Balaban J connectivity index is 1.97. The van der Waals surface area contributed by atoms with Crippen molar-refractivity contribution in [3.8, 4) is 17.2 Å². The Morgan fingerprint density at radius 1 is 0.853 bits per heavy atom. The number of ether oxygens (including phenoxy) is 3. The third-order valence-corrected chi connectivity index (χ3v) is 5.06. The minimum absolute atomic E-state index is 0.0221. The van der Waals surface area contributed by atoms with E-state index < -0.39 is 11.8 Å². The van der Waals surface area contributed by atoms with Crippen molar-refractivity contribution in [2.75, 3.05) is 27.1 Å². The van der Waals surface area contributed by atoms with Crippen LogP contribution in [0.4, 0.5) is 5.69 Å². The lowest BCUT2D eigenvalue weighted by atomic mass is 10.1. The number of nitrogen functional groups attached to an aromatic ring is 1. The van der Waals surface area contributed by atoms with E-state index in [2.05, 4.69) is 10.6 Å². The zero-order chi connectivity index (χ0) is 24.5. The van der Waals surface area contributed by atoms with Gasteiger partial charge in [0.05, 0.1) is 21.3 Å². The lowest BCUT2D eigenvalue weighted by molar-refractivity contribution is -0.117. The first kappa shape index (κ1) is 24.2. The van der Waals surface area contributed by atoms with Crippen molar-refractivity contribution in [2.24, 2.45) is 0 Å². The van der Waals surface area contributed by atoms with Crippen molar-refractivity contribution in [3.63, 3.8) is 0 Å². The number of benzene rings is 3. The summed E-state index contributed by atoms with van der Waals surface area (Å²) in [6.07, 6.45) is 1.52. The molecule has 0 aromatic heterocycles. The number of anilines is 1. The molecule has 176 valence electrons. The highest BCUT2D eigenvalue weighted by molar-refractivity contribution is 6.05. The first-order valence-electron chi connectivity index (χ1n) is 10.5. The van der Waals surface area contributed by atoms with Crippen molar-refractivity contribution in [3.05, 3.63) is 89.1 Å². The van der Waals surface area contributed by atoms with Crippen LogP contribution in [0.5, 0.6) is 17.2 Å². The van der Waals surface area contributed by atoms with Crippen LogP contribution in [0.15, 0.2) is 72.4 Å². The Bertz CT molecular complexity index is 1190. The zero-order valence-electron chi connectivity index (χ0n) is 19.3. The summed E-state index contributed by atoms with van der Waals surface area (Å²) in [4.78, 5) is 26.0. The molecular formula is C26H27N3O5. The molecule has 0 aliphatic carbocycles. The van der Waals surface area contributed by atoms with Crippen LogP contribution in [-0.4, -0.2) is 33.1 Å². The lowest BCUT2D eigenvalue weighted by Crippen LogP contribution is -2.34. The molecule has 2 amide bonds. The van der Waals surface area contributed by atoms with E-state index >= 15 is 0 Å². The van der Waals surface area contributed by atoms with Gasteiger partial charge in [-0.3, -0.25) is 9.59 Å². The van der Waals surface area contributed by atoms with E-state index in [1.807, 2.05) is 18.2 Å². The smallest absolute Gasteiger partial charge is 0.268 e. The Hall–Kier alpha value is -4.46. The molecule has 3 rings (SSSR count). The minimum Gasteiger partial charge on any atom is -0.496 e. The van der Waals surface area contributed by atoms with Crippen molar-refractivity contribution < 1.29 is 23.8 Å². The second-order valence-corrected chi connectivity index (χ2v) is 7.21. The van der Waals surface area contributed by atoms with Crippen LogP contribution >= 0.6 is 0 Å². The van der Waals surface area contributed by atoms with E-state index in [1.165, 1.54) is 27.4 Å². The average molecular weight is 462 g/mol. The van der Waals surface area contributed by atoms with E-state index in [9.17, 15) is 9.59 Å². The number of amides is 2. The van der Waals surface area contributed by atoms with Gasteiger partial charge in [-0.1, -0.05) is 36.4 Å². The molecule has 0 fully saturated rings. The van der Waals surface area contributed by atoms with Crippen molar-refractivity contribution in [2.45, 2.75) is 6.54 Å². The second-order valence-electron chi connectivity index (χ2n) is 7.21. The normalized spacial score (nSPS) is 10.9. The highest BCUT2D eigenvalue weighted by Gasteiger charge is 2.18. The van der Waals surface area contributed by atoms with Crippen molar-refractivity contribution >= 4 is 23.6 Å². The summed E-state index contributed by atoms with van der Waals surface area (Å²) < 4.78 is 16.2. The molecule has 0 saturated carbocycles. The van der Waals surface area contributed by atoms with Gasteiger partial charge < -0.3 is 30.6 Å². The van der Waals surface area contributed by atoms with Crippen LogP contribution < -0.4 is 30.6 Å². The molecule has 8 nitrogen and oxygen atoms in total. The molecule has 8 heteroatoms. The van der Waals surface area contributed by atoms with Crippen LogP contribution in [0.3, 0.4) is 0 Å². The molecule has 0 saturated heterocycles. The first-order chi connectivity index (χ1) is 16.5. The van der Waals surface area contributed by atoms with Gasteiger partial charge in [-0.05, 0) is 35.9 Å². The molecule has 0 aliphatic heterocycles. The SMILES string of the molecule is COc1cc(OC)c(OC)cc1/C=C(\NC(=O)c1ccccc1)C(=O)NCc1ccccc1N. The van der Waals surface area contributed by atoms with Gasteiger partial charge in [-0.2, -0.15) is 0 Å². The quantitative estimate of drug-likeness (QED) is 0.333. The number of methoxy groups -OCH3 is 3. The second kappa shape index (κ2) is 11.4. The Labute approximate surface area is 198 Å². The summed E-state index contributed by atoms with van der Waals surface area (Å²) in [6, 6.07) is 19.1. The highest BCUT2D eigenvalue weighted by Crippen LogP contribution is 2.35. The molecule has 0 heterocycles. The molecule has 3 aromatic carbocycles. The van der Waals surface area contributed by atoms with E-state index in [1.54, 1.807) is 48.5 Å². The largest absolute Gasteiger partial charge is 0.496 e. The summed E-state index contributed by atoms with van der Waals surface area (Å²) in [6.45, 7) is 0.188. The first-order valence-corrected chi connectivity index (χ1v) is 10.5. The fourth-order valence-electron chi connectivity index (χ4n) is 3.23. The Morgan fingerprint density at radius 3 is 2.12 bits per heavy atom. The third-order valence-electron chi connectivity index (χ3n) is 5.06. The fraction of sp³-hybridized carbons (Fsp3) is 0.154. The van der Waals surface area contributed by atoms with Crippen LogP contribution in [-0.2, 0) is 11.3 Å². The minimum atomic E-state index is -0.496. The summed E-state index contributed by atoms with van der Waals surface area (Å²) in [5.41, 5.74) is 8.24. The monoisotopic (exact) mass is 461 g/mol. The number of nitrogens with one attached hydrogen (secondary N) is 2. The predicted molar refractivity (Wildman–Crippen MR) is 131 cm³/mol. The van der Waals surface area contributed by atoms with Gasteiger partial charge in [0.2, 0.25) is 0 Å². The maximum Gasteiger partial charge on any atom is 0.268 e. The maximum atomic E-state index is 13.1. The van der Waals surface area contributed by atoms with Gasteiger partial charge in [0.1, 0.15) is 11.4 Å². The summed E-state index contributed by atoms with van der Waals surface area (Å²) in [5.74, 6) is 0.422. The van der Waals surface area contributed by atoms with Crippen LogP contribution in [0.25, 0.3) is 6.08 Å². The standard InChI is InChI=1S/C26H27N3O5/c1-32-22-15-24(34-3)23(33-2)14-19(22)13-21(29-25(30)17-9-5-4-6-10-17)26(31)28-16-18-11-7-8-12-20(18)27/h4-15H,16,27H2,1-3H3,(H,28,31)(H,29,30)/b21-13-. The summed E-state index contributed by atoms with van der Waals surface area (Å²) in [7, 11) is 4.52. The van der Waals surface area contributed by atoms with Gasteiger partial charge in [-0.25, -0.2) is 0 Å². The number of nitrogens with two attached hydrogens (primary N) is 1. The van der Waals surface area contributed by atoms with Gasteiger partial charge in [-0.15, -0.1) is 0 Å². The molecule has 0 aliphatic rings. The molecule has 3 aromatic rings. The van der Waals surface area contributed by atoms with Crippen LogP contribution in [0.2, 0.25) is 0 Å². The molecule has 34 heavy (non-hydrogen) atoms. The van der Waals surface area contributed by atoms with E-state index in [0.717, 1.165) is 5.56 Å². The molecular weight excluding hydrogens is 434 g/mol. The third kappa shape index (κ3) is 5.86. The van der Waals surface area contributed by atoms with E-state index in [-0.39, 0.29) is 12.2 Å². The Morgan fingerprint density at radius 2 is 1.47 bits per heavy atom. The van der Waals surface area contributed by atoms with Gasteiger partial charge in [0.25, 0.3) is 11.8 Å². The lowest BCUT2D eigenvalue weighted by Gasteiger charge is -2.15. The Kier molecular flexibility index (Phi) is 8.12. The number of rotatable bonds is 9. The topological polar surface area (TPSA) is 112 Å². The number of carbonyl (C=O) groups is 2. The van der Waals surface area contributed by atoms with E-state index in [0.29, 0.717) is 34.1 Å². The average Bonchev–Trinajstić information content (AvgIpc) is 2.87. The fourth-order valence-corrected chi connectivity index (χ4v) is 3.23.